The largest absolute Gasteiger partial charge is 0.326 e. The van der Waals surface area contributed by atoms with Crippen LogP contribution in [0.25, 0.3) is 0 Å². The molecule has 1 aliphatic rings. The summed E-state index contributed by atoms with van der Waals surface area (Å²) in [4.78, 5) is 0. The van der Waals surface area contributed by atoms with Crippen molar-refractivity contribution in [3.8, 4) is 0 Å². The van der Waals surface area contributed by atoms with Gasteiger partial charge in [0.05, 0.1) is 5.75 Å². The molecule has 2 atom stereocenters. The molecule has 14 heavy (non-hydrogen) atoms. The van der Waals surface area contributed by atoms with Crippen molar-refractivity contribution in [2.24, 2.45) is 5.73 Å². The van der Waals surface area contributed by atoms with Crippen molar-refractivity contribution in [2.75, 3.05) is 5.75 Å². The minimum atomic E-state index is -3.21. The molecule has 0 bridgehead atoms. The van der Waals surface area contributed by atoms with Crippen molar-refractivity contribution < 1.29 is 8.42 Å². The highest BCUT2D eigenvalue weighted by atomic mass is 32.2. The topological polar surface area (TPSA) is 72.2 Å². The van der Waals surface area contributed by atoms with Crippen LogP contribution in [0.4, 0.5) is 0 Å². The van der Waals surface area contributed by atoms with Gasteiger partial charge in [0.2, 0.25) is 10.0 Å². The lowest BCUT2D eigenvalue weighted by Gasteiger charge is -2.28. The van der Waals surface area contributed by atoms with Crippen molar-refractivity contribution in [3.05, 3.63) is 12.7 Å². The van der Waals surface area contributed by atoms with Crippen LogP contribution in [0.1, 0.15) is 25.7 Å². The maximum atomic E-state index is 11.4. The van der Waals surface area contributed by atoms with Crippen LogP contribution >= 0.6 is 0 Å². The number of nitrogens with one attached hydrogen (secondary N) is 1. The summed E-state index contributed by atoms with van der Waals surface area (Å²) in [6.45, 7) is 3.41. The monoisotopic (exact) mass is 218 g/mol. The summed E-state index contributed by atoms with van der Waals surface area (Å²) in [5, 5.41) is 0. The van der Waals surface area contributed by atoms with Gasteiger partial charge in [-0.15, -0.1) is 6.58 Å². The molecule has 1 fully saturated rings. The number of hydrogen-bond donors (Lipinski definition) is 2. The molecule has 0 radical (unpaired) electrons. The Kier molecular flexibility index (Phi) is 4.10. The van der Waals surface area contributed by atoms with E-state index in [1.807, 2.05) is 0 Å². The Balaban J connectivity index is 2.53. The van der Waals surface area contributed by atoms with Gasteiger partial charge in [-0.05, 0) is 12.8 Å². The summed E-state index contributed by atoms with van der Waals surface area (Å²) >= 11 is 0. The van der Waals surface area contributed by atoms with E-state index in [1.165, 1.54) is 6.08 Å². The second-order valence-electron chi connectivity index (χ2n) is 3.74. The molecular weight excluding hydrogens is 200 g/mol. The van der Waals surface area contributed by atoms with E-state index in [-0.39, 0.29) is 17.8 Å². The van der Waals surface area contributed by atoms with E-state index in [0.717, 1.165) is 25.7 Å². The molecule has 1 aliphatic carbocycles. The third kappa shape index (κ3) is 3.40. The Bertz CT molecular complexity index is 287. The smallest absolute Gasteiger partial charge is 0.215 e. The lowest BCUT2D eigenvalue weighted by atomic mass is 9.92. The fourth-order valence-corrected chi connectivity index (χ4v) is 2.90. The van der Waals surface area contributed by atoms with Gasteiger partial charge in [-0.1, -0.05) is 18.9 Å². The van der Waals surface area contributed by atoms with Gasteiger partial charge >= 0.3 is 0 Å². The first-order chi connectivity index (χ1) is 6.55. The molecular formula is C9H18N2O2S. The second kappa shape index (κ2) is 4.91. The van der Waals surface area contributed by atoms with E-state index in [1.54, 1.807) is 0 Å². The first-order valence-corrected chi connectivity index (χ1v) is 6.57. The van der Waals surface area contributed by atoms with Gasteiger partial charge in [0.15, 0.2) is 0 Å². The van der Waals surface area contributed by atoms with Crippen LogP contribution in [0.15, 0.2) is 12.7 Å². The van der Waals surface area contributed by atoms with Gasteiger partial charge < -0.3 is 5.73 Å². The molecule has 3 N–H and O–H groups in total. The highest BCUT2D eigenvalue weighted by molar-refractivity contribution is 7.89. The highest BCUT2D eigenvalue weighted by Gasteiger charge is 2.25. The summed E-state index contributed by atoms with van der Waals surface area (Å²) in [5.41, 5.74) is 5.83. The summed E-state index contributed by atoms with van der Waals surface area (Å²) in [7, 11) is -3.21. The minimum Gasteiger partial charge on any atom is -0.326 e. The van der Waals surface area contributed by atoms with E-state index in [9.17, 15) is 8.42 Å². The SMILES string of the molecule is C=CCS(=O)(=O)NC1CCCCC1N. The van der Waals surface area contributed by atoms with E-state index in [4.69, 9.17) is 5.73 Å². The van der Waals surface area contributed by atoms with E-state index in [0.29, 0.717) is 0 Å². The lowest BCUT2D eigenvalue weighted by Crippen LogP contribution is -2.49. The molecule has 0 heterocycles. The van der Waals surface area contributed by atoms with Gasteiger partial charge in [-0.25, -0.2) is 13.1 Å². The van der Waals surface area contributed by atoms with Gasteiger partial charge in [0.25, 0.3) is 0 Å². The normalized spacial score (nSPS) is 28.6. The van der Waals surface area contributed by atoms with E-state index >= 15 is 0 Å². The predicted molar refractivity (Wildman–Crippen MR) is 57.4 cm³/mol. The molecule has 0 aromatic carbocycles. The zero-order chi connectivity index (χ0) is 10.6. The van der Waals surface area contributed by atoms with Gasteiger partial charge in [0, 0.05) is 12.1 Å². The second-order valence-corrected chi connectivity index (χ2v) is 5.54. The molecule has 0 aromatic rings. The minimum absolute atomic E-state index is 0.0315. The average molecular weight is 218 g/mol. The van der Waals surface area contributed by atoms with Crippen LogP contribution < -0.4 is 10.5 Å². The van der Waals surface area contributed by atoms with Crippen molar-refractivity contribution in [1.29, 1.82) is 0 Å². The third-order valence-corrected chi connectivity index (χ3v) is 3.82. The maximum Gasteiger partial charge on any atom is 0.215 e. The Morgan fingerprint density at radius 1 is 1.43 bits per heavy atom. The van der Waals surface area contributed by atoms with Crippen LogP contribution in [0.2, 0.25) is 0 Å². The van der Waals surface area contributed by atoms with Crippen molar-refractivity contribution in [3.63, 3.8) is 0 Å². The van der Waals surface area contributed by atoms with Crippen molar-refractivity contribution in [2.45, 2.75) is 37.8 Å². The first-order valence-electron chi connectivity index (χ1n) is 4.91. The van der Waals surface area contributed by atoms with Crippen molar-refractivity contribution in [1.82, 2.24) is 4.72 Å². The number of nitrogens with two attached hydrogens (primary N) is 1. The fourth-order valence-electron chi connectivity index (χ4n) is 1.74. The van der Waals surface area contributed by atoms with Crippen LogP contribution in [0, 0.1) is 0 Å². The Morgan fingerprint density at radius 2 is 2.07 bits per heavy atom. The number of sulfonamides is 1. The number of hydrogen-bond acceptors (Lipinski definition) is 3. The Labute approximate surface area is 85.6 Å². The third-order valence-electron chi connectivity index (χ3n) is 2.49. The Morgan fingerprint density at radius 3 is 2.64 bits per heavy atom. The van der Waals surface area contributed by atoms with Crippen LogP contribution in [-0.4, -0.2) is 26.3 Å². The van der Waals surface area contributed by atoms with Crippen LogP contribution in [-0.2, 0) is 10.0 Å². The molecule has 0 aliphatic heterocycles. The summed E-state index contributed by atoms with van der Waals surface area (Å²) in [6.07, 6.45) is 5.28. The average Bonchev–Trinajstić information content (AvgIpc) is 2.08. The standard InChI is InChI=1S/C9H18N2O2S/c1-2-7-14(12,13)11-9-6-4-3-5-8(9)10/h2,8-9,11H,1,3-7,10H2. The highest BCUT2D eigenvalue weighted by Crippen LogP contribution is 2.17. The summed E-state index contributed by atoms with van der Waals surface area (Å²) < 4.78 is 25.4. The maximum absolute atomic E-state index is 11.4. The number of rotatable bonds is 4. The van der Waals surface area contributed by atoms with Gasteiger partial charge in [0.1, 0.15) is 0 Å². The first kappa shape index (κ1) is 11.7. The van der Waals surface area contributed by atoms with Gasteiger partial charge in [-0.2, -0.15) is 0 Å². The predicted octanol–water partition coefficient (Wildman–Crippen LogP) is 0.362. The molecule has 0 spiro atoms. The van der Waals surface area contributed by atoms with Crippen LogP contribution in [0.3, 0.4) is 0 Å². The molecule has 0 aromatic heterocycles. The fraction of sp³-hybridized carbons (Fsp3) is 0.778. The molecule has 5 heteroatoms. The molecule has 4 nitrogen and oxygen atoms in total. The van der Waals surface area contributed by atoms with E-state index in [2.05, 4.69) is 11.3 Å². The van der Waals surface area contributed by atoms with Crippen LogP contribution in [0.5, 0.6) is 0 Å². The molecule has 2 unspecified atom stereocenters. The lowest BCUT2D eigenvalue weighted by molar-refractivity contribution is 0.361. The molecule has 0 saturated heterocycles. The zero-order valence-electron chi connectivity index (χ0n) is 8.28. The molecule has 82 valence electrons. The van der Waals surface area contributed by atoms with Gasteiger partial charge in [-0.3, -0.25) is 0 Å². The zero-order valence-corrected chi connectivity index (χ0v) is 9.09. The quantitative estimate of drug-likeness (QED) is 0.669. The molecule has 1 rings (SSSR count). The summed E-state index contributed by atoms with van der Waals surface area (Å²) in [5.74, 6) is -0.0315. The molecule has 1 saturated carbocycles. The summed E-state index contributed by atoms with van der Waals surface area (Å²) in [6, 6.07) is -0.128. The van der Waals surface area contributed by atoms with Crippen molar-refractivity contribution >= 4 is 10.0 Å². The molecule has 0 amide bonds. The Hall–Kier alpha value is -0.390. The van der Waals surface area contributed by atoms with E-state index < -0.39 is 10.0 Å².